The number of benzene rings is 3. The van der Waals surface area contributed by atoms with Gasteiger partial charge in [-0.15, -0.1) is 0 Å². The van der Waals surface area contributed by atoms with E-state index in [2.05, 4.69) is 10.4 Å². The van der Waals surface area contributed by atoms with Gasteiger partial charge in [-0.25, -0.2) is 9.48 Å². The van der Waals surface area contributed by atoms with Crippen LogP contribution < -0.4 is 10.9 Å². The van der Waals surface area contributed by atoms with Crippen molar-refractivity contribution in [1.82, 2.24) is 9.78 Å². The number of fused-ring (bicyclic) bond motifs is 1. The second kappa shape index (κ2) is 9.79. The summed E-state index contributed by atoms with van der Waals surface area (Å²) < 4.78 is 6.60. The second-order valence-electron chi connectivity index (χ2n) is 7.54. The van der Waals surface area contributed by atoms with E-state index in [0.29, 0.717) is 16.5 Å². The summed E-state index contributed by atoms with van der Waals surface area (Å²) in [5, 5.41) is 16.7. The molecule has 1 heterocycles. The van der Waals surface area contributed by atoms with Crippen LogP contribution in [-0.4, -0.2) is 27.8 Å². The molecular formula is C26H20N4O4. The van der Waals surface area contributed by atoms with Crippen molar-refractivity contribution < 1.29 is 14.3 Å². The molecule has 1 N–H and O–H groups in total. The van der Waals surface area contributed by atoms with Crippen molar-refractivity contribution in [1.29, 1.82) is 5.26 Å². The summed E-state index contributed by atoms with van der Waals surface area (Å²) in [5.41, 5.74) is 1.04. The fraction of sp³-hybridized carbons (Fsp3) is 0.115. The van der Waals surface area contributed by atoms with E-state index in [0.717, 1.165) is 5.56 Å². The van der Waals surface area contributed by atoms with Crippen molar-refractivity contribution in [3.05, 3.63) is 106 Å². The number of rotatable bonds is 6. The number of ether oxygens (including phenoxy) is 1. The van der Waals surface area contributed by atoms with Gasteiger partial charge in [-0.05, 0) is 30.7 Å². The lowest BCUT2D eigenvalue weighted by molar-refractivity contribution is -0.123. The van der Waals surface area contributed by atoms with Crippen LogP contribution in [0.2, 0.25) is 0 Å². The lowest BCUT2D eigenvalue weighted by atomic mass is 10.1. The highest BCUT2D eigenvalue weighted by molar-refractivity contribution is 6.04. The van der Waals surface area contributed by atoms with E-state index in [1.165, 1.54) is 11.6 Å². The minimum Gasteiger partial charge on any atom is -0.448 e. The number of aromatic nitrogens is 2. The van der Waals surface area contributed by atoms with Gasteiger partial charge in [0.05, 0.1) is 23.2 Å². The van der Waals surface area contributed by atoms with E-state index in [9.17, 15) is 19.6 Å². The molecular weight excluding hydrogens is 432 g/mol. The Hall–Kier alpha value is -4.77. The van der Waals surface area contributed by atoms with Gasteiger partial charge in [-0.3, -0.25) is 9.59 Å². The molecule has 0 saturated carbocycles. The molecule has 0 bridgehead atoms. The fourth-order valence-electron chi connectivity index (χ4n) is 3.44. The minimum absolute atomic E-state index is 0.0665. The van der Waals surface area contributed by atoms with Crippen LogP contribution in [0.3, 0.4) is 0 Å². The van der Waals surface area contributed by atoms with E-state index >= 15 is 0 Å². The zero-order chi connectivity index (χ0) is 24.1. The predicted octanol–water partition coefficient (Wildman–Crippen LogP) is 3.50. The van der Waals surface area contributed by atoms with Gasteiger partial charge in [-0.2, -0.15) is 10.4 Å². The molecule has 1 amide bonds. The van der Waals surface area contributed by atoms with Gasteiger partial charge >= 0.3 is 5.97 Å². The maximum absolute atomic E-state index is 13.0. The average Bonchev–Trinajstić information content (AvgIpc) is 2.86. The van der Waals surface area contributed by atoms with E-state index in [-0.39, 0.29) is 23.4 Å². The molecule has 0 aliphatic heterocycles. The zero-order valence-electron chi connectivity index (χ0n) is 18.3. The van der Waals surface area contributed by atoms with Gasteiger partial charge in [0.25, 0.3) is 11.5 Å². The monoisotopic (exact) mass is 452 g/mol. The van der Waals surface area contributed by atoms with Gasteiger partial charge in [0.1, 0.15) is 6.07 Å². The number of nitriles is 1. The Morgan fingerprint density at radius 1 is 1.00 bits per heavy atom. The first-order valence-corrected chi connectivity index (χ1v) is 10.5. The van der Waals surface area contributed by atoms with Crippen molar-refractivity contribution in [2.45, 2.75) is 19.6 Å². The first-order valence-electron chi connectivity index (χ1n) is 10.5. The molecule has 8 nitrogen and oxygen atoms in total. The van der Waals surface area contributed by atoms with Gasteiger partial charge in [-0.1, -0.05) is 60.7 Å². The summed E-state index contributed by atoms with van der Waals surface area (Å²) in [6, 6.07) is 24.4. The average molecular weight is 452 g/mol. The van der Waals surface area contributed by atoms with Crippen LogP contribution in [0.15, 0.2) is 83.7 Å². The molecule has 1 unspecified atom stereocenters. The molecule has 168 valence electrons. The molecule has 0 spiro atoms. The highest BCUT2D eigenvalue weighted by Gasteiger charge is 2.24. The highest BCUT2D eigenvalue weighted by atomic mass is 16.5. The molecule has 0 fully saturated rings. The Morgan fingerprint density at radius 3 is 2.38 bits per heavy atom. The Morgan fingerprint density at radius 2 is 1.65 bits per heavy atom. The third kappa shape index (κ3) is 4.69. The number of anilines is 1. The van der Waals surface area contributed by atoms with Crippen LogP contribution in [0.25, 0.3) is 10.8 Å². The van der Waals surface area contributed by atoms with Crippen molar-refractivity contribution >= 4 is 28.3 Å². The molecule has 0 radical (unpaired) electrons. The molecule has 8 heteroatoms. The maximum atomic E-state index is 13.0. The first-order chi connectivity index (χ1) is 16.5. The third-order valence-corrected chi connectivity index (χ3v) is 5.19. The van der Waals surface area contributed by atoms with Crippen LogP contribution in [0.5, 0.6) is 0 Å². The third-order valence-electron chi connectivity index (χ3n) is 5.19. The molecule has 0 aliphatic rings. The molecule has 3 aromatic carbocycles. The molecule has 1 aromatic heterocycles. The van der Waals surface area contributed by atoms with Gasteiger partial charge < -0.3 is 10.1 Å². The van der Waals surface area contributed by atoms with Gasteiger partial charge in [0.15, 0.2) is 11.8 Å². The fourth-order valence-corrected chi connectivity index (χ4v) is 3.44. The second-order valence-corrected chi connectivity index (χ2v) is 7.54. The number of carbonyl (C=O) groups excluding carboxylic acids is 2. The van der Waals surface area contributed by atoms with Crippen LogP contribution >= 0.6 is 0 Å². The number of hydrogen-bond donors (Lipinski definition) is 1. The summed E-state index contributed by atoms with van der Waals surface area (Å²) in [7, 11) is 0. The smallest absolute Gasteiger partial charge is 0.360 e. The largest absolute Gasteiger partial charge is 0.448 e. The first kappa shape index (κ1) is 22.4. The number of nitrogens with zero attached hydrogens (tertiary/aromatic N) is 3. The topological polar surface area (TPSA) is 114 Å². The van der Waals surface area contributed by atoms with Crippen LogP contribution in [-0.2, 0) is 16.1 Å². The van der Waals surface area contributed by atoms with Crippen molar-refractivity contribution in [3.63, 3.8) is 0 Å². The summed E-state index contributed by atoms with van der Waals surface area (Å²) in [6.45, 7) is 1.59. The summed E-state index contributed by atoms with van der Waals surface area (Å²) in [6.07, 6.45) is -1.17. The number of para-hydroxylation sites is 1. The van der Waals surface area contributed by atoms with Crippen molar-refractivity contribution in [2.24, 2.45) is 0 Å². The van der Waals surface area contributed by atoms with Crippen molar-refractivity contribution in [3.8, 4) is 6.07 Å². The quantitative estimate of drug-likeness (QED) is 0.448. The Bertz CT molecular complexity index is 1470. The lowest BCUT2D eigenvalue weighted by Crippen LogP contribution is -2.32. The molecule has 4 aromatic rings. The summed E-state index contributed by atoms with van der Waals surface area (Å²) in [5.74, 6) is -1.44. The number of carbonyl (C=O) groups is 2. The number of nitrogens with one attached hydrogen (secondary N) is 1. The van der Waals surface area contributed by atoms with Crippen LogP contribution in [0.1, 0.15) is 28.5 Å². The van der Waals surface area contributed by atoms with E-state index in [4.69, 9.17) is 4.74 Å². The summed E-state index contributed by atoms with van der Waals surface area (Å²) >= 11 is 0. The maximum Gasteiger partial charge on any atom is 0.360 e. The number of amides is 1. The Labute approximate surface area is 195 Å². The lowest BCUT2D eigenvalue weighted by Gasteiger charge is -2.15. The van der Waals surface area contributed by atoms with E-state index < -0.39 is 18.0 Å². The molecule has 34 heavy (non-hydrogen) atoms. The Kier molecular flexibility index (Phi) is 6.46. The molecule has 1 atom stereocenters. The van der Waals surface area contributed by atoms with Crippen LogP contribution in [0, 0.1) is 11.3 Å². The Balaban J connectivity index is 1.61. The number of esters is 1. The molecule has 0 aliphatic carbocycles. The zero-order valence-corrected chi connectivity index (χ0v) is 18.3. The standard InChI is InChI=1S/C26H20N4O4/c1-17(24(31)28-22-14-8-5-11-19(22)15-27)34-26(33)23-20-12-6-7-13-21(20)25(32)30(29-23)16-18-9-3-2-4-10-18/h2-14,17H,16H2,1H3,(H,28,31). The minimum atomic E-state index is -1.17. The predicted molar refractivity (Wildman–Crippen MR) is 126 cm³/mol. The summed E-state index contributed by atoms with van der Waals surface area (Å²) in [4.78, 5) is 38.6. The SMILES string of the molecule is CC(OC(=O)c1nn(Cc2ccccc2)c(=O)c2ccccc12)C(=O)Nc1ccccc1C#N. The molecule has 4 rings (SSSR count). The highest BCUT2D eigenvalue weighted by Crippen LogP contribution is 2.17. The van der Waals surface area contributed by atoms with Crippen molar-refractivity contribution in [2.75, 3.05) is 5.32 Å². The van der Waals surface area contributed by atoms with Gasteiger partial charge in [0, 0.05) is 5.39 Å². The van der Waals surface area contributed by atoms with E-state index in [1.54, 1.807) is 48.5 Å². The van der Waals surface area contributed by atoms with E-state index in [1.807, 2.05) is 36.4 Å². The number of hydrogen-bond acceptors (Lipinski definition) is 6. The van der Waals surface area contributed by atoms with Crippen LogP contribution in [0.4, 0.5) is 5.69 Å². The normalized spacial score (nSPS) is 11.4. The molecule has 0 saturated heterocycles. The van der Waals surface area contributed by atoms with Gasteiger partial charge in [0.2, 0.25) is 0 Å².